The smallest absolute Gasteiger partial charge is 0.331 e. The molecule has 2 N–H and O–H groups in total. The number of amides is 1. The van der Waals surface area contributed by atoms with Crippen molar-refractivity contribution < 1.29 is 24.2 Å². The van der Waals surface area contributed by atoms with Crippen molar-refractivity contribution in [3.8, 4) is 5.75 Å². The Morgan fingerprint density at radius 3 is 2.59 bits per heavy atom. The number of ether oxygens (including phenoxy) is 2. The second-order valence-electron chi connectivity index (χ2n) is 4.33. The SMILES string of the molecule is CCOC(=O)[C@@H](CO)NC(=O)[C@H](C)Oc1ccc(Cl)cc1Cl. The molecular weight excluding hydrogens is 333 g/mol. The van der Waals surface area contributed by atoms with E-state index < -0.39 is 30.6 Å². The Balaban J connectivity index is 2.66. The quantitative estimate of drug-likeness (QED) is 0.733. The van der Waals surface area contributed by atoms with Gasteiger partial charge in [0, 0.05) is 5.02 Å². The van der Waals surface area contributed by atoms with E-state index in [1.165, 1.54) is 19.1 Å². The van der Waals surface area contributed by atoms with Crippen molar-refractivity contribution in [1.82, 2.24) is 5.32 Å². The third kappa shape index (κ3) is 5.36. The number of aliphatic hydroxyl groups is 1. The number of halogens is 2. The van der Waals surface area contributed by atoms with Crippen LogP contribution in [0.2, 0.25) is 10.0 Å². The van der Waals surface area contributed by atoms with Gasteiger partial charge in [-0.1, -0.05) is 23.2 Å². The highest BCUT2D eigenvalue weighted by atomic mass is 35.5. The van der Waals surface area contributed by atoms with Gasteiger partial charge in [0.05, 0.1) is 18.2 Å². The third-order valence-electron chi connectivity index (χ3n) is 2.64. The molecule has 1 aromatic carbocycles. The first-order valence-electron chi connectivity index (χ1n) is 6.58. The molecule has 122 valence electrons. The highest BCUT2D eigenvalue weighted by Gasteiger charge is 2.25. The summed E-state index contributed by atoms with van der Waals surface area (Å²) in [6.07, 6.45) is -0.929. The van der Waals surface area contributed by atoms with Gasteiger partial charge in [0.15, 0.2) is 12.1 Å². The van der Waals surface area contributed by atoms with Crippen LogP contribution in [0.5, 0.6) is 5.75 Å². The molecule has 0 aromatic heterocycles. The second-order valence-corrected chi connectivity index (χ2v) is 5.17. The van der Waals surface area contributed by atoms with E-state index in [9.17, 15) is 9.59 Å². The lowest BCUT2D eigenvalue weighted by atomic mass is 10.2. The van der Waals surface area contributed by atoms with Crippen LogP contribution < -0.4 is 10.1 Å². The molecule has 0 spiro atoms. The number of carbonyl (C=O) groups excluding carboxylic acids is 2. The average Bonchev–Trinajstić information content (AvgIpc) is 2.47. The number of hydrogen-bond acceptors (Lipinski definition) is 5. The highest BCUT2D eigenvalue weighted by Crippen LogP contribution is 2.28. The Kier molecular flexibility index (Phi) is 7.44. The number of rotatable bonds is 7. The van der Waals surface area contributed by atoms with E-state index in [0.29, 0.717) is 5.02 Å². The van der Waals surface area contributed by atoms with Crippen LogP contribution in [0, 0.1) is 0 Å². The summed E-state index contributed by atoms with van der Waals surface area (Å²) in [5.41, 5.74) is 0. The van der Waals surface area contributed by atoms with Crippen LogP contribution in [0.25, 0.3) is 0 Å². The van der Waals surface area contributed by atoms with Gasteiger partial charge >= 0.3 is 5.97 Å². The Hall–Kier alpha value is -1.50. The lowest BCUT2D eigenvalue weighted by Gasteiger charge is -2.19. The van der Waals surface area contributed by atoms with Crippen LogP contribution in [0.4, 0.5) is 0 Å². The maximum absolute atomic E-state index is 12.0. The molecular formula is C14H17Cl2NO5. The molecule has 2 atom stereocenters. The first-order valence-corrected chi connectivity index (χ1v) is 7.34. The minimum absolute atomic E-state index is 0.150. The standard InChI is InChI=1S/C14H17Cl2NO5/c1-3-21-14(20)11(7-18)17-13(19)8(2)22-12-5-4-9(15)6-10(12)16/h4-6,8,11,18H,3,7H2,1-2H3,(H,17,19)/t8-,11+/m0/s1. The van der Waals surface area contributed by atoms with Gasteiger partial charge in [0.2, 0.25) is 0 Å². The lowest BCUT2D eigenvalue weighted by Crippen LogP contribution is -2.48. The largest absolute Gasteiger partial charge is 0.479 e. The van der Waals surface area contributed by atoms with E-state index in [2.05, 4.69) is 5.32 Å². The maximum Gasteiger partial charge on any atom is 0.331 e. The van der Waals surface area contributed by atoms with Crippen molar-refractivity contribution >= 4 is 35.1 Å². The van der Waals surface area contributed by atoms with Crippen molar-refractivity contribution in [2.45, 2.75) is 26.0 Å². The molecule has 8 heteroatoms. The van der Waals surface area contributed by atoms with E-state index in [1.807, 2.05) is 0 Å². The number of carbonyl (C=O) groups is 2. The summed E-state index contributed by atoms with van der Waals surface area (Å²) in [5.74, 6) is -1.02. The summed E-state index contributed by atoms with van der Waals surface area (Å²) in [6.45, 7) is 2.69. The van der Waals surface area contributed by atoms with Gasteiger partial charge in [-0.3, -0.25) is 4.79 Å². The lowest BCUT2D eigenvalue weighted by molar-refractivity contribution is -0.149. The minimum atomic E-state index is -1.14. The van der Waals surface area contributed by atoms with E-state index in [-0.39, 0.29) is 17.4 Å². The summed E-state index contributed by atoms with van der Waals surface area (Å²) in [5, 5.41) is 12.2. The summed E-state index contributed by atoms with van der Waals surface area (Å²) in [4.78, 5) is 23.5. The number of hydrogen-bond donors (Lipinski definition) is 2. The van der Waals surface area contributed by atoms with Crippen molar-refractivity contribution in [3.63, 3.8) is 0 Å². The average molecular weight is 350 g/mol. The van der Waals surface area contributed by atoms with E-state index in [0.717, 1.165) is 0 Å². The Morgan fingerprint density at radius 1 is 1.36 bits per heavy atom. The molecule has 0 bridgehead atoms. The topological polar surface area (TPSA) is 84.9 Å². The highest BCUT2D eigenvalue weighted by molar-refractivity contribution is 6.35. The first kappa shape index (κ1) is 18.5. The van der Waals surface area contributed by atoms with Gasteiger partial charge in [-0.25, -0.2) is 4.79 Å². The fourth-order valence-electron chi connectivity index (χ4n) is 1.53. The van der Waals surface area contributed by atoms with Crippen LogP contribution in [0.1, 0.15) is 13.8 Å². The Bertz CT molecular complexity index is 538. The van der Waals surface area contributed by atoms with Crippen LogP contribution in [0.3, 0.4) is 0 Å². The molecule has 0 aliphatic rings. The Morgan fingerprint density at radius 2 is 2.05 bits per heavy atom. The zero-order valence-corrected chi connectivity index (χ0v) is 13.6. The molecule has 0 saturated heterocycles. The molecule has 22 heavy (non-hydrogen) atoms. The summed E-state index contributed by atoms with van der Waals surface area (Å²) < 4.78 is 10.1. The van der Waals surface area contributed by atoms with Crippen LogP contribution >= 0.6 is 23.2 Å². The van der Waals surface area contributed by atoms with E-state index in [1.54, 1.807) is 13.0 Å². The first-order chi connectivity index (χ1) is 10.4. The summed E-state index contributed by atoms with van der Waals surface area (Å²) >= 11 is 11.7. The molecule has 0 radical (unpaired) electrons. The van der Waals surface area contributed by atoms with Gasteiger partial charge in [-0.05, 0) is 32.0 Å². The molecule has 0 aliphatic heterocycles. The number of esters is 1. The minimum Gasteiger partial charge on any atom is -0.479 e. The maximum atomic E-state index is 12.0. The zero-order valence-electron chi connectivity index (χ0n) is 12.1. The van der Waals surface area contributed by atoms with Crippen molar-refractivity contribution in [3.05, 3.63) is 28.2 Å². The predicted molar refractivity (Wildman–Crippen MR) is 82.2 cm³/mol. The van der Waals surface area contributed by atoms with Gasteiger partial charge in [0.25, 0.3) is 5.91 Å². The molecule has 6 nitrogen and oxygen atoms in total. The fraction of sp³-hybridized carbons (Fsp3) is 0.429. The predicted octanol–water partition coefficient (Wildman–Crippen LogP) is 1.80. The summed E-state index contributed by atoms with van der Waals surface area (Å²) in [7, 11) is 0. The third-order valence-corrected chi connectivity index (χ3v) is 3.17. The number of aliphatic hydroxyl groups excluding tert-OH is 1. The van der Waals surface area contributed by atoms with Crippen LogP contribution in [-0.4, -0.2) is 42.3 Å². The Labute approximate surface area is 138 Å². The molecule has 0 saturated carbocycles. The molecule has 1 aromatic rings. The monoisotopic (exact) mass is 349 g/mol. The summed E-state index contributed by atoms with van der Waals surface area (Å²) in [6, 6.07) is 3.45. The van der Waals surface area contributed by atoms with Crippen molar-refractivity contribution in [2.75, 3.05) is 13.2 Å². The normalized spacial score (nSPS) is 13.1. The molecule has 0 heterocycles. The van der Waals surface area contributed by atoms with Crippen molar-refractivity contribution in [2.24, 2.45) is 0 Å². The molecule has 0 aliphatic carbocycles. The fourth-order valence-corrected chi connectivity index (χ4v) is 1.98. The molecule has 1 amide bonds. The molecule has 1 rings (SSSR count). The van der Waals surface area contributed by atoms with Gasteiger partial charge < -0.3 is 19.9 Å². The second kappa shape index (κ2) is 8.82. The van der Waals surface area contributed by atoms with Crippen LogP contribution in [-0.2, 0) is 14.3 Å². The van der Waals surface area contributed by atoms with Gasteiger partial charge in [-0.15, -0.1) is 0 Å². The van der Waals surface area contributed by atoms with Gasteiger partial charge in [-0.2, -0.15) is 0 Å². The van der Waals surface area contributed by atoms with Crippen molar-refractivity contribution in [1.29, 1.82) is 0 Å². The number of benzene rings is 1. The molecule has 0 fully saturated rings. The van der Waals surface area contributed by atoms with Gasteiger partial charge in [0.1, 0.15) is 5.75 Å². The van der Waals surface area contributed by atoms with Crippen LogP contribution in [0.15, 0.2) is 18.2 Å². The number of nitrogens with one attached hydrogen (secondary N) is 1. The van der Waals surface area contributed by atoms with E-state index in [4.69, 9.17) is 37.8 Å². The van der Waals surface area contributed by atoms with E-state index >= 15 is 0 Å². The zero-order chi connectivity index (χ0) is 16.7. The molecule has 0 unspecified atom stereocenters.